The Kier molecular flexibility index (Phi) is 1.56. The van der Waals surface area contributed by atoms with Gasteiger partial charge in [0, 0.05) is 11.0 Å². The third-order valence-electron chi connectivity index (χ3n) is 0.461. The summed E-state index contributed by atoms with van der Waals surface area (Å²) in [4.78, 5) is 0. The molecule has 1 heterocycles. The van der Waals surface area contributed by atoms with Crippen molar-refractivity contribution in [1.82, 2.24) is 4.72 Å². The van der Waals surface area contributed by atoms with E-state index in [2.05, 4.69) is 26.1 Å². The molecule has 0 saturated carbocycles. The molecule has 0 fully saturated rings. The van der Waals surface area contributed by atoms with Gasteiger partial charge in [-0.15, -0.1) is 0 Å². The van der Waals surface area contributed by atoms with Gasteiger partial charge in [0.15, 0.2) is 0 Å². The minimum Gasteiger partial charge on any atom is -0.255 e. The smallest absolute Gasteiger partial charge is 0.0500 e. The molecule has 0 atom stereocenters. The first-order chi connectivity index (χ1) is 2.89. The Morgan fingerprint density at radius 2 is 2.83 bits per heavy atom. The first kappa shape index (κ1) is 4.68. The number of halogens is 1. The van der Waals surface area contributed by atoms with Crippen LogP contribution < -0.4 is 4.72 Å². The van der Waals surface area contributed by atoms with Crippen molar-refractivity contribution in [1.29, 1.82) is 0 Å². The van der Waals surface area contributed by atoms with Gasteiger partial charge >= 0.3 is 0 Å². The van der Waals surface area contributed by atoms with Gasteiger partial charge in [-0.1, -0.05) is 15.9 Å². The zero-order valence-electron chi connectivity index (χ0n) is 2.99. The quantitative estimate of drug-likeness (QED) is 0.542. The van der Waals surface area contributed by atoms with E-state index in [9.17, 15) is 0 Å². The van der Waals surface area contributed by atoms with Gasteiger partial charge in [-0.25, -0.2) is 0 Å². The fourth-order valence-electron chi connectivity index (χ4n) is 0.227. The third kappa shape index (κ3) is 0.996. The van der Waals surface area contributed by atoms with Crippen LogP contribution in [0.1, 0.15) is 0 Å². The van der Waals surface area contributed by atoms with Gasteiger partial charge in [0.25, 0.3) is 0 Å². The van der Waals surface area contributed by atoms with Crippen LogP contribution >= 0.6 is 27.9 Å². The molecule has 0 amide bonds. The topological polar surface area (TPSA) is 12.0 Å². The molecule has 1 rings (SSSR count). The molecule has 0 bridgehead atoms. The normalized spacial score (nSPS) is 21.2. The Morgan fingerprint density at radius 3 is 3.00 bits per heavy atom. The Bertz CT molecular complexity index is 80.9. The highest BCUT2D eigenvalue weighted by atomic mass is 79.9. The van der Waals surface area contributed by atoms with Crippen LogP contribution in [-0.4, -0.2) is 6.54 Å². The van der Waals surface area contributed by atoms with E-state index in [-0.39, 0.29) is 0 Å². The average molecular weight is 165 g/mol. The molecule has 0 aromatic carbocycles. The summed E-state index contributed by atoms with van der Waals surface area (Å²) in [5, 5.41) is 2.96. The SMILES string of the molecule is BrC1=[C]SNC1. The van der Waals surface area contributed by atoms with Crippen LogP contribution in [0.25, 0.3) is 0 Å². The van der Waals surface area contributed by atoms with Crippen molar-refractivity contribution < 1.29 is 0 Å². The lowest BCUT2D eigenvalue weighted by Crippen LogP contribution is -1.95. The molecule has 3 heteroatoms. The molecule has 0 saturated heterocycles. The maximum Gasteiger partial charge on any atom is 0.0500 e. The van der Waals surface area contributed by atoms with E-state index in [1.165, 1.54) is 11.9 Å². The Labute approximate surface area is 49.4 Å². The number of nitrogens with one attached hydrogen (secondary N) is 1. The standard InChI is InChI=1S/C3H3BrNS/c4-3-1-5-6-2-3/h5H,1H2. The van der Waals surface area contributed by atoms with Gasteiger partial charge in [-0.2, -0.15) is 0 Å². The van der Waals surface area contributed by atoms with Crippen LogP contribution in [0.3, 0.4) is 0 Å². The summed E-state index contributed by atoms with van der Waals surface area (Å²) in [6, 6.07) is 0. The summed E-state index contributed by atoms with van der Waals surface area (Å²) in [6.45, 7) is 0.921. The molecule has 0 aromatic heterocycles. The molecule has 0 unspecified atom stereocenters. The van der Waals surface area contributed by atoms with Crippen LogP contribution in [0.5, 0.6) is 0 Å². The van der Waals surface area contributed by atoms with Gasteiger partial charge in [-0.05, 0) is 11.9 Å². The lowest BCUT2D eigenvalue weighted by Gasteiger charge is -1.79. The van der Waals surface area contributed by atoms with Gasteiger partial charge in [0.05, 0.1) is 5.41 Å². The predicted octanol–water partition coefficient (Wildman–Crippen LogP) is 1.28. The van der Waals surface area contributed by atoms with Crippen molar-refractivity contribution in [3.63, 3.8) is 0 Å². The Hall–Kier alpha value is 0.530. The van der Waals surface area contributed by atoms with Crippen molar-refractivity contribution in [2.45, 2.75) is 0 Å². The van der Waals surface area contributed by atoms with E-state index in [0.717, 1.165) is 11.0 Å². The van der Waals surface area contributed by atoms with Crippen molar-refractivity contribution >= 4 is 27.9 Å². The van der Waals surface area contributed by atoms with E-state index in [0.29, 0.717) is 0 Å². The summed E-state index contributed by atoms with van der Waals surface area (Å²) in [5.41, 5.74) is 0. The number of hydrogen-bond acceptors (Lipinski definition) is 2. The van der Waals surface area contributed by atoms with Crippen molar-refractivity contribution in [2.24, 2.45) is 0 Å². The van der Waals surface area contributed by atoms with Crippen molar-refractivity contribution in [3.05, 3.63) is 9.89 Å². The molecule has 33 valence electrons. The molecule has 1 radical (unpaired) electrons. The van der Waals surface area contributed by atoms with Crippen LogP contribution in [-0.2, 0) is 0 Å². The maximum absolute atomic E-state index is 3.26. The van der Waals surface area contributed by atoms with Crippen molar-refractivity contribution in [2.75, 3.05) is 6.54 Å². The fourth-order valence-corrected chi connectivity index (χ4v) is 1.27. The van der Waals surface area contributed by atoms with E-state index < -0.39 is 0 Å². The highest BCUT2D eigenvalue weighted by molar-refractivity contribution is 9.11. The van der Waals surface area contributed by atoms with E-state index in [1.807, 2.05) is 0 Å². The van der Waals surface area contributed by atoms with Crippen LogP contribution in [0.2, 0.25) is 0 Å². The molecule has 1 aliphatic heterocycles. The van der Waals surface area contributed by atoms with Gasteiger partial charge in [0.1, 0.15) is 0 Å². The maximum atomic E-state index is 3.26. The monoisotopic (exact) mass is 164 g/mol. The summed E-state index contributed by atoms with van der Waals surface area (Å²) in [6.07, 6.45) is 0. The van der Waals surface area contributed by atoms with E-state index in [1.54, 1.807) is 0 Å². The van der Waals surface area contributed by atoms with Crippen LogP contribution in [0.4, 0.5) is 0 Å². The zero-order chi connectivity index (χ0) is 4.41. The summed E-state index contributed by atoms with van der Waals surface area (Å²) in [7, 11) is 0. The number of rotatable bonds is 0. The van der Waals surface area contributed by atoms with Crippen LogP contribution in [0, 0.1) is 5.41 Å². The molecule has 6 heavy (non-hydrogen) atoms. The molecule has 1 nitrogen and oxygen atoms in total. The summed E-state index contributed by atoms with van der Waals surface area (Å²) >= 11 is 4.76. The second-order valence-corrected chi connectivity index (χ2v) is 2.58. The van der Waals surface area contributed by atoms with Gasteiger partial charge < -0.3 is 0 Å². The summed E-state index contributed by atoms with van der Waals surface area (Å²) in [5.74, 6) is 0. The van der Waals surface area contributed by atoms with E-state index in [4.69, 9.17) is 0 Å². The van der Waals surface area contributed by atoms with E-state index >= 15 is 0 Å². The molecule has 0 aromatic rings. The summed E-state index contributed by atoms with van der Waals surface area (Å²) < 4.78 is 4.11. The highest BCUT2D eigenvalue weighted by Crippen LogP contribution is 2.14. The largest absolute Gasteiger partial charge is 0.255 e. The molecule has 0 aliphatic carbocycles. The first-order valence-corrected chi connectivity index (χ1v) is 3.16. The first-order valence-electron chi connectivity index (χ1n) is 1.55. The van der Waals surface area contributed by atoms with Crippen molar-refractivity contribution in [3.8, 4) is 0 Å². The molecule has 1 aliphatic rings. The number of hydrogen-bond donors (Lipinski definition) is 1. The molecular formula is C3H3BrNS. The molecule has 1 N–H and O–H groups in total. The predicted molar refractivity (Wildman–Crippen MR) is 31.3 cm³/mol. The Morgan fingerprint density at radius 1 is 2.00 bits per heavy atom. The average Bonchev–Trinajstić information content (AvgIpc) is 1.86. The van der Waals surface area contributed by atoms with Gasteiger partial charge in [-0.3, -0.25) is 4.72 Å². The minimum atomic E-state index is 0.921. The zero-order valence-corrected chi connectivity index (χ0v) is 5.40. The Balaban J connectivity index is 2.45. The lowest BCUT2D eigenvalue weighted by molar-refractivity contribution is 1.15. The minimum absolute atomic E-state index is 0.921. The third-order valence-corrected chi connectivity index (χ3v) is 1.84. The fraction of sp³-hybridized carbons (Fsp3) is 0.333. The molecular weight excluding hydrogens is 162 g/mol. The highest BCUT2D eigenvalue weighted by Gasteiger charge is 1.97. The van der Waals surface area contributed by atoms with Crippen LogP contribution in [0.15, 0.2) is 4.48 Å². The lowest BCUT2D eigenvalue weighted by atomic mass is 10.7. The second kappa shape index (κ2) is 2.00. The second-order valence-electron chi connectivity index (χ2n) is 0.930. The van der Waals surface area contributed by atoms with Gasteiger partial charge in [0.2, 0.25) is 0 Å². The molecule has 0 spiro atoms.